The molecule has 0 aromatic heterocycles. The fourth-order valence-electron chi connectivity index (χ4n) is 0.960. The minimum atomic E-state index is -2.79. The molecule has 0 bridgehead atoms. The van der Waals surface area contributed by atoms with Gasteiger partial charge in [0.05, 0.1) is 6.61 Å². The van der Waals surface area contributed by atoms with Crippen molar-refractivity contribution in [1.82, 2.24) is 0 Å². The van der Waals surface area contributed by atoms with Crippen LogP contribution in [0.25, 0.3) is 0 Å². The summed E-state index contributed by atoms with van der Waals surface area (Å²) in [4.78, 5) is 0. The Hall–Kier alpha value is -1.32. The van der Waals surface area contributed by atoms with E-state index in [-0.39, 0.29) is 5.75 Å². The molecule has 0 heterocycles. The first-order valence-corrected chi connectivity index (χ1v) is 4.40. The molecule has 0 amide bonds. The first kappa shape index (κ1) is 10.8. The van der Waals surface area contributed by atoms with E-state index in [1.165, 1.54) is 12.1 Å². The van der Waals surface area contributed by atoms with Crippen molar-refractivity contribution in [2.45, 2.75) is 20.0 Å². The smallest absolute Gasteiger partial charge is 0.387 e. The van der Waals surface area contributed by atoms with Gasteiger partial charge in [-0.05, 0) is 18.6 Å². The van der Waals surface area contributed by atoms with Crippen LogP contribution >= 0.6 is 0 Å². The molecule has 78 valence electrons. The molecule has 1 aromatic carbocycles. The monoisotopic (exact) mass is 202 g/mol. The van der Waals surface area contributed by atoms with Crippen LogP contribution in [0.1, 0.15) is 13.3 Å². The van der Waals surface area contributed by atoms with Crippen molar-refractivity contribution in [3.63, 3.8) is 0 Å². The third-order valence-electron chi connectivity index (χ3n) is 1.50. The zero-order chi connectivity index (χ0) is 10.4. The van der Waals surface area contributed by atoms with Gasteiger partial charge in [-0.1, -0.05) is 13.0 Å². The number of rotatable bonds is 5. The molecule has 1 rings (SSSR count). The molecule has 0 N–H and O–H groups in total. The van der Waals surface area contributed by atoms with Gasteiger partial charge in [-0.25, -0.2) is 0 Å². The van der Waals surface area contributed by atoms with Crippen molar-refractivity contribution in [1.29, 1.82) is 0 Å². The van der Waals surface area contributed by atoms with Crippen molar-refractivity contribution in [2.24, 2.45) is 0 Å². The minimum Gasteiger partial charge on any atom is -0.493 e. The van der Waals surface area contributed by atoms with Crippen LogP contribution in [0.3, 0.4) is 0 Å². The molecule has 0 unspecified atom stereocenters. The average molecular weight is 202 g/mol. The Morgan fingerprint density at radius 1 is 1.29 bits per heavy atom. The lowest BCUT2D eigenvalue weighted by Gasteiger charge is -2.07. The lowest BCUT2D eigenvalue weighted by molar-refractivity contribution is -0.0499. The molecular formula is C10H12F2O2. The molecular weight excluding hydrogens is 190 g/mol. The summed E-state index contributed by atoms with van der Waals surface area (Å²) in [6.45, 7) is -0.256. The number of ether oxygens (including phenoxy) is 2. The van der Waals surface area contributed by atoms with Crippen molar-refractivity contribution < 1.29 is 18.3 Å². The fourth-order valence-corrected chi connectivity index (χ4v) is 0.960. The topological polar surface area (TPSA) is 18.5 Å². The molecule has 0 aliphatic rings. The molecule has 0 fully saturated rings. The Balaban J connectivity index is 2.59. The first-order chi connectivity index (χ1) is 6.72. The van der Waals surface area contributed by atoms with E-state index in [2.05, 4.69) is 4.74 Å². The minimum absolute atomic E-state index is 0.119. The largest absolute Gasteiger partial charge is 0.493 e. The van der Waals surface area contributed by atoms with Crippen molar-refractivity contribution in [3.8, 4) is 11.5 Å². The molecule has 2 nitrogen and oxygen atoms in total. The van der Waals surface area contributed by atoms with E-state index in [1.807, 2.05) is 6.92 Å². The first-order valence-electron chi connectivity index (χ1n) is 4.40. The predicted molar refractivity (Wildman–Crippen MR) is 48.9 cm³/mol. The van der Waals surface area contributed by atoms with Crippen molar-refractivity contribution >= 4 is 0 Å². The van der Waals surface area contributed by atoms with Gasteiger partial charge in [0.2, 0.25) is 0 Å². The summed E-state index contributed by atoms with van der Waals surface area (Å²) >= 11 is 0. The SMILES string of the molecule is CCCOc1cccc(OC(F)F)c1. The van der Waals surface area contributed by atoms with Gasteiger partial charge >= 0.3 is 6.61 Å². The summed E-state index contributed by atoms with van der Waals surface area (Å²) in [7, 11) is 0. The van der Waals surface area contributed by atoms with E-state index in [9.17, 15) is 8.78 Å². The van der Waals surface area contributed by atoms with Crippen LogP contribution in [0.15, 0.2) is 24.3 Å². The molecule has 0 atom stereocenters. The number of hydrogen-bond acceptors (Lipinski definition) is 2. The maximum absolute atomic E-state index is 11.8. The van der Waals surface area contributed by atoms with E-state index in [0.29, 0.717) is 12.4 Å². The summed E-state index contributed by atoms with van der Waals surface area (Å²) < 4.78 is 33.2. The highest BCUT2D eigenvalue weighted by Gasteiger charge is 2.04. The van der Waals surface area contributed by atoms with Crippen LogP contribution < -0.4 is 9.47 Å². The highest BCUT2D eigenvalue weighted by molar-refractivity contribution is 5.32. The van der Waals surface area contributed by atoms with Crippen molar-refractivity contribution in [3.05, 3.63) is 24.3 Å². The Labute approximate surface area is 81.4 Å². The van der Waals surface area contributed by atoms with Crippen LogP contribution in [0.5, 0.6) is 11.5 Å². The van der Waals surface area contributed by atoms with E-state index in [1.54, 1.807) is 12.1 Å². The molecule has 0 spiro atoms. The normalized spacial score (nSPS) is 10.3. The molecule has 1 aromatic rings. The van der Waals surface area contributed by atoms with Crippen LogP contribution in [0.2, 0.25) is 0 Å². The van der Waals surface area contributed by atoms with Gasteiger partial charge in [0, 0.05) is 6.07 Å². The summed E-state index contributed by atoms with van der Waals surface area (Å²) in [6.07, 6.45) is 0.875. The van der Waals surface area contributed by atoms with E-state index in [0.717, 1.165) is 6.42 Å². The van der Waals surface area contributed by atoms with Gasteiger partial charge in [-0.3, -0.25) is 0 Å². The Morgan fingerprint density at radius 3 is 2.64 bits per heavy atom. The molecule has 4 heteroatoms. The fraction of sp³-hybridized carbons (Fsp3) is 0.400. The Bertz CT molecular complexity index is 277. The van der Waals surface area contributed by atoms with E-state index >= 15 is 0 Å². The van der Waals surface area contributed by atoms with Gasteiger partial charge in [0.15, 0.2) is 0 Å². The molecule has 0 saturated heterocycles. The lowest BCUT2D eigenvalue weighted by atomic mass is 10.3. The Morgan fingerprint density at radius 2 is 2.00 bits per heavy atom. The number of hydrogen-bond donors (Lipinski definition) is 0. The standard InChI is InChI=1S/C10H12F2O2/c1-2-6-13-8-4-3-5-9(7-8)14-10(11)12/h3-5,7,10H,2,6H2,1H3. The second-order valence-corrected chi connectivity index (χ2v) is 2.70. The third-order valence-corrected chi connectivity index (χ3v) is 1.50. The van der Waals surface area contributed by atoms with Gasteiger partial charge in [-0.2, -0.15) is 8.78 Å². The molecule has 0 aliphatic carbocycles. The van der Waals surface area contributed by atoms with Gasteiger partial charge < -0.3 is 9.47 Å². The number of benzene rings is 1. The quantitative estimate of drug-likeness (QED) is 0.730. The summed E-state index contributed by atoms with van der Waals surface area (Å²) in [5, 5.41) is 0. The molecule has 0 saturated carbocycles. The van der Waals surface area contributed by atoms with Gasteiger partial charge in [-0.15, -0.1) is 0 Å². The van der Waals surface area contributed by atoms with Crippen LogP contribution in [0.4, 0.5) is 8.78 Å². The molecule has 0 aliphatic heterocycles. The Kier molecular flexibility index (Phi) is 4.16. The summed E-state index contributed by atoms with van der Waals surface area (Å²) in [5.74, 6) is 0.665. The number of alkyl halides is 2. The zero-order valence-electron chi connectivity index (χ0n) is 7.87. The van der Waals surface area contributed by atoms with Gasteiger partial charge in [0.25, 0.3) is 0 Å². The van der Waals surface area contributed by atoms with E-state index in [4.69, 9.17) is 4.74 Å². The second-order valence-electron chi connectivity index (χ2n) is 2.70. The second kappa shape index (κ2) is 5.42. The number of halogens is 2. The van der Waals surface area contributed by atoms with Crippen LogP contribution in [-0.2, 0) is 0 Å². The highest BCUT2D eigenvalue weighted by atomic mass is 19.3. The molecule has 0 radical (unpaired) electrons. The maximum Gasteiger partial charge on any atom is 0.387 e. The predicted octanol–water partition coefficient (Wildman–Crippen LogP) is 3.08. The summed E-state index contributed by atoms with van der Waals surface area (Å²) in [6, 6.07) is 6.23. The highest BCUT2D eigenvalue weighted by Crippen LogP contribution is 2.20. The van der Waals surface area contributed by atoms with Crippen molar-refractivity contribution in [2.75, 3.05) is 6.61 Å². The van der Waals surface area contributed by atoms with Gasteiger partial charge in [0.1, 0.15) is 11.5 Å². The van der Waals surface area contributed by atoms with Crippen LogP contribution in [-0.4, -0.2) is 13.2 Å². The lowest BCUT2D eigenvalue weighted by Crippen LogP contribution is -2.02. The summed E-state index contributed by atoms with van der Waals surface area (Å²) in [5.41, 5.74) is 0. The van der Waals surface area contributed by atoms with Crippen LogP contribution in [0, 0.1) is 0 Å². The average Bonchev–Trinajstić information content (AvgIpc) is 2.14. The van der Waals surface area contributed by atoms with E-state index < -0.39 is 6.61 Å². The third kappa shape index (κ3) is 3.60. The maximum atomic E-state index is 11.8. The zero-order valence-corrected chi connectivity index (χ0v) is 7.87. The molecule has 14 heavy (non-hydrogen) atoms.